The van der Waals surface area contributed by atoms with Gasteiger partial charge in [-0.3, -0.25) is 0 Å². The number of rotatable bonds is 10. The number of nitrogens with two attached hydrogens (primary N) is 1. The molecule has 0 atom stereocenters. The first-order chi connectivity index (χ1) is 6.41. The third-order valence-corrected chi connectivity index (χ3v) is 1.50. The second-order valence-corrected chi connectivity index (χ2v) is 2.62. The lowest BCUT2D eigenvalue weighted by atomic mass is 10.6. The number of hydrogen-bond donors (Lipinski definition) is 1. The van der Waals surface area contributed by atoms with Crippen LogP contribution in [-0.4, -0.2) is 53.2 Å². The second kappa shape index (κ2) is 11.8. The van der Waals surface area contributed by atoms with Gasteiger partial charge in [-0.2, -0.15) is 0 Å². The molecule has 0 aromatic heterocycles. The fourth-order valence-corrected chi connectivity index (χ4v) is 0.785. The quantitative estimate of drug-likeness (QED) is 0.463. The molecule has 0 heterocycles. The molecule has 0 saturated heterocycles. The summed E-state index contributed by atoms with van der Waals surface area (Å²) >= 11 is 0. The predicted octanol–water partition coefficient (Wildman–Crippen LogP) is -0.751. The highest BCUT2D eigenvalue weighted by Gasteiger charge is 1.90. The maximum atomic E-state index is 5.28. The average molecular weight is 192 g/mol. The molecule has 0 aliphatic heterocycles. The van der Waals surface area contributed by atoms with E-state index in [1.165, 1.54) is 0 Å². The SMILES string of the molecule is CCOCCOCCOCC[NH2+]C. The summed E-state index contributed by atoms with van der Waals surface area (Å²) in [7, 11) is 2.03. The Morgan fingerprint density at radius 2 is 1.38 bits per heavy atom. The molecular weight excluding hydrogens is 170 g/mol. The van der Waals surface area contributed by atoms with Gasteiger partial charge >= 0.3 is 0 Å². The largest absolute Gasteiger partial charge is 0.379 e. The van der Waals surface area contributed by atoms with E-state index in [1.54, 1.807) is 0 Å². The molecule has 0 aliphatic rings. The topological polar surface area (TPSA) is 44.3 Å². The molecule has 0 rings (SSSR count). The van der Waals surface area contributed by atoms with Gasteiger partial charge in [0.15, 0.2) is 0 Å². The third-order valence-electron chi connectivity index (χ3n) is 1.50. The van der Waals surface area contributed by atoms with Crippen LogP contribution in [0.4, 0.5) is 0 Å². The molecule has 0 saturated carbocycles. The van der Waals surface area contributed by atoms with Crippen LogP contribution < -0.4 is 5.32 Å². The number of hydrogen-bond acceptors (Lipinski definition) is 3. The van der Waals surface area contributed by atoms with Crippen molar-refractivity contribution in [3.63, 3.8) is 0 Å². The second-order valence-electron chi connectivity index (χ2n) is 2.62. The van der Waals surface area contributed by atoms with Crippen molar-refractivity contribution < 1.29 is 19.5 Å². The fourth-order valence-electron chi connectivity index (χ4n) is 0.785. The van der Waals surface area contributed by atoms with Crippen LogP contribution in [0.2, 0.25) is 0 Å². The van der Waals surface area contributed by atoms with Crippen molar-refractivity contribution in [3.8, 4) is 0 Å². The molecule has 0 amide bonds. The fraction of sp³-hybridized carbons (Fsp3) is 1.00. The number of likely N-dealkylation sites (N-methyl/N-ethyl adjacent to an activating group) is 1. The minimum absolute atomic E-state index is 0.663. The zero-order valence-electron chi connectivity index (χ0n) is 8.75. The molecule has 80 valence electrons. The lowest BCUT2D eigenvalue weighted by molar-refractivity contribution is -0.628. The van der Waals surface area contributed by atoms with Crippen LogP contribution in [-0.2, 0) is 14.2 Å². The van der Waals surface area contributed by atoms with Crippen molar-refractivity contribution in [3.05, 3.63) is 0 Å². The lowest BCUT2D eigenvalue weighted by Gasteiger charge is -2.04. The highest BCUT2D eigenvalue weighted by molar-refractivity contribution is 4.32. The zero-order valence-corrected chi connectivity index (χ0v) is 8.75. The molecule has 0 spiro atoms. The van der Waals surface area contributed by atoms with Gasteiger partial charge in [-0.15, -0.1) is 0 Å². The molecule has 0 radical (unpaired) electrons. The van der Waals surface area contributed by atoms with E-state index >= 15 is 0 Å². The average Bonchev–Trinajstić information content (AvgIpc) is 2.16. The Hall–Kier alpha value is -0.160. The van der Waals surface area contributed by atoms with Crippen LogP contribution in [0, 0.1) is 0 Å². The molecule has 0 bridgehead atoms. The normalized spacial score (nSPS) is 10.6. The summed E-state index contributed by atoms with van der Waals surface area (Å²) < 4.78 is 15.6. The minimum atomic E-state index is 0.663. The summed E-state index contributed by atoms with van der Waals surface area (Å²) in [4.78, 5) is 0. The number of quaternary nitrogens is 1. The van der Waals surface area contributed by atoms with Crippen LogP contribution >= 0.6 is 0 Å². The van der Waals surface area contributed by atoms with Crippen LogP contribution in [0.25, 0.3) is 0 Å². The number of ether oxygens (including phenoxy) is 3. The van der Waals surface area contributed by atoms with Crippen LogP contribution in [0.3, 0.4) is 0 Å². The van der Waals surface area contributed by atoms with Crippen molar-refractivity contribution in [1.82, 2.24) is 0 Å². The van der Waals surface area contributed by atoms with Crippen molar-refractivity contribution in [2.45, 2.75) is 6.92 Å². The van der Waals surface area contributed by atoms with Crippen molar-refractivity contribution in [2.24, 2.45) is 0 Å². The molecule has 0 unspecified atom stereocenters. The van der Waals surface area contributed by atoms with E-state index in [1.807, 2.05) is 14.0 Å². The van der Waals surface area contributed by atoms with E-state index < -0.39 is 0 Å². The standard InChI is InChI=1S/C9H21NO3/c1-3-11-6-7-13-9-8-12-5-4-10-2/h10H,3-9H2,1-2H3/p+1. The smallest absolute Gasteiger partial charge is 0.0991 e. The van der Waals surface area contributed by atoms with Crippen molar-refractivity contribution >= 4 is 0 Å². The highest BCUT2D eigenvalue weighted by Crippen LogP contribution is 1.79. The predicted molar refractivity (Wildman–Crippen MR) is 50.8 cm³/mol. The Morgan fingerprint density at radius 1 is 0.846 bits per heavy atom. The van der Waals surface area contributed by atoms with E-state index in [0.717, 1.165) is 19.8 Å². The van der Waals surface area contributed by atoms with E-state index in [4.69, 9.17) is 14.2 Å². The molecule has 4 heteroatoms. The zero-order chi connectivity index (χ0) is 9.78. The molecule has 13 heavy (non-hydrogen) atoms. The molecule has 0 aromatic carbocycles. The summed E-state index contributed by atoms with van der Waals surface area (Å²) in [6.07, 6.45) is 0. The van der Waals surface area contributed by atoms with E-state index in [0.29, 0.717) is 26.4 Å². The van der Waals surface area contributed by atoms with Gasteiger partial charge < -0.3 is 19.5 Å². The maximum Gasteiger partial charge on any atom is 0.0991 e. The van der Waals surface area contributed by atoms with Gasteiger partial charge in [0.1, 0.15) is 0 Å². The van der Waals surface area contributed by atoms with Gasteiger partial charge in [-0.05, 0) is 6.92 Å². The molecule has 0 aromatic rings. The van der Waals surface area contributed by atoms with Gasteiger partial charge in [-0.25, -0.2) is 0 Å². The van der Waals surface area contributed by atoms with E-state index in [-0.39, 0.29) is 0 Å². The van der Waals surface area contributed by atoms with Crippen molar-refractivity contribution in [2.75, 3.05) is 53.2 Å². The summed E-state index contributed by atoms with van der Waals surface area (Å²) in [5.74, 6) is 0. The third kappa shape index (κ3) is 11.8. The van der Waals surface area contributed by atoms with E-state index in [2.05, 4.69) is 5.32 Å². The van der Waals surface area contributed by atoms with Crippen molar-refractivity contribution in [1.29, 1.82) is 0 Å². The minimum Gasteiger partial charge on any atom is -0.379 e. The summed E-state index contributed by atoms with van der Waals surface area (Å²) in [6, 6.07) is 0. The Balaban J connectivity index is 2.76. The maximum absolute atomic E-state index is 5.28. The van der Waals surface area contributed by atoms with Gasteiger partial charge in [0.25, 0.3) is 0 Å². The van der Waals surface area contributed by atoms with Gasteiger partial charge in [0, 0.05) is 6.61 Å². The van der Waals surface area contributed by atoms with Gasteiger partial charge in [0.05, 0.1) is 46.6 Å². The molecule has 0 fully saturated rings. The first kappa shape index (κ1) is 12.8. The molecular formula is C9H22NO3+. The summed E-state index contributed by atoms with van der Waals surface area (Å²) in [5.41, 5.74) is 0. The van der Waals surface area contributed by atoms with Crippen LogP contribution in [0.15, 0.2) is 0 Å². The summed E-state index contributed by atoms with van der Waals surface area (Å²) in [6.45, 7) is 7.23. The first-order valence-corrected chi connectivity index (χ1v) is 4.92. The first-order valence-electron chi connectivity index (χ1n) is 4.92. The van der Waals surface area contributed by atoms with Gasteiger partial charge in [0.2, 0.25) is 0 Å². The Morgan fingerprint density at radius 3 is 1.92 bits per heavy atom. The lowest BCUT2D eigenvalue weighted by Crippen LogP contribution is -2.80. The Kier molecular flexibility index (Phi) is 11.7. The summed E-state index contributed by atoms with van der Waals surface area (Å²) in [5, 5.41) is 2.09. The van der Waals surface area contributed by atoms with E-state index in [9.17, 15) is 0 Å². The molecule has 0 aliphatic carbocycles. The highest BCUT2D eigenvalue weighted by atomic mass is 16.5. The Bertz CT molecular complexity index is 80.9. The Labute approximate surface area is 80.5 Å². The molecule has 2 N–H and O–H groups in total. The van der Waals surface area contributed by atoms with Crippen LogP contribution in [0.1, 0.15) is 6.92 Å². The molecule has 4 nitrogen and oxygen atoms in total. The van der Waals surface area contributed by atoms with Crippen LogP contribution in [0.5, 0.6) is 0 Å². The van der Waals surface area contributed by atoms with Gasteiger partial charge in [-0.1, -0.05) is 0 Å². The monoisotopic (exact) mass is 192 g/mol.